The molecule has 0 radical (unpaired) electrons. The van der Waals surface area contributed by atoms with E-state index in [1.54, 1.807) is 11.8 Å². The fourth-order valence-corrected chi connectivity index (χ4v) is 6.12. The topological polar surface area (TPSA) is 55.4 Å². The van der Waals surface area contributed by atoms with E-state index in [1.165, 1.54) is 0 Å². The van der Waals surface area contributed by atoms with Gasteiger partial charge in [0.05, 0.1) is 39.0 Å². The number of hydrogen-bond donors (Lipinski definition) is 0. The van der Waals surface area contributed by atoms with Crippen LogP contribution in [0.1, 0.15) is 29.2 Å². The molecule has 0 N–H and O–H groups in total. The average molecular weight is 615 g/mol. The molecule has 7 heteroatoms. The molecule has 1 aliphatic rings. The van der Waals surface area contributed by atoms with E-state index in [0.717, 1.165) is 22.3 Å². The second kappa shape index (κ2) is 18.1. The number of benzene rings is 4. The summed E-state index contributed by atoms with van der Waals surface area (Å²) in [6, 6.07) is 40.7. The molecule has 1 fully saturated rings. The first kappa shape index (κ1) is 32.4. The molecule has 1 heterocycles. The summed E-state index contributed by atoms with van der Waals surface area (Å²) in [5.74, 6) is 0.477. The monoisotopic (exact) mass is 614 g/mol. The van der Waals surface area contributed by atoms with Crippen LogP contribution in [0.4, 0.5) is 0 Å². The van der Waals surface area contributed by atoms with Gasteiger partial charge in [0.25, 0.3) is 0 Å². The van der Waals surface area contributed by atoms with Gasteiger partial charge in [-0.2, -0.15) is 0 Å². The lowest BCUT2D eigenvalue weighted by Gasteiger charge is -2.46. The number of rotatable bonds is 17. The third kappa shape index (κ3) is 10.0. The van der Waals surface area contributed by atoms with Gasteiger partial charge < -0.3 is 28.4 Å². The third-order valence-corrected chi connectivity index (χ3v) is 8.37. The zero-order chi connectivity index (χ0) is 30.2. The minimum Gasteiger partial charge on any atom is -0.374 e. The average Bonchev–Trinajstić information content (AvgIpc) is 3.08. The Kier molecular flexibility index (Phi) is 13.3. The molecule has 0 unspecified atom stereocenters. The van der Waals surface area contributed by atoms with Gasteiger partial charge in [0.15, 0.2) is 0 Å². The van der Waals surface area contributed by atoms with E-state index >= 15 is 0 Å². The number of hydrogen-bond acceptors (Lipinski definition) is 7. The van der Waals surface area contributed by atoms with Gasteiger partial charge in [-0.05, 0) is 29.2 Å². The van der Waals surface area contributed by atoms with E-state index in [2.05, 4.69) is 48.5 Å². The minimum absolute atomic E-state index is 0.344. The first-order chi connectivity index (χ1) is 21.8. The Bertz CT molecular complexity index is 1310. The largest absolute Gasteiger partial charge is 0.374 e. The van der Waals surface area contributed by atoms with Crippen molar-refractivity contribution < 1.29 is 28.4 Å². The summed E-state index contributed by atoms with van der Waals surface area (Å²) in [6.45, 7) is 4.69. The van der Waals surface area contributed by atoms with Crippen molar-refractivity contribution in [2.75, 3.05) is 19.2 Å². The lowest BCUT2D eigenvalue weighted by Crippen LogP contribution is -2.60. The lowest BCUT2D eigenvalue weighted by atomic mass is 9.98. The van der Waals surface area contributed by atoms with Gasteiger partial charge >= 0.3 is 0 Å². The number of thioether (sulfide) groups is 1. The van der Waals surface area contributed by atoms with E-state index in [0.29, 0.717) is 45.6 Å². The summed E-state index contributed by atoms with van der Waals surface area (Å²) in [7, 11) is 0. The Hall–Kier alpha value is -3.01. The van der Waals surface area contributed by atoms with Crippen molar-refractivity contribution in [3.63, 3.8) is 0 Å². The molecule has 0 amide bonds. The van der Waals surface area contributed by atoms with E-state index in [4.69, 9.17) is 28.4 Å². The predicted octanol–water partition coefficient (Wildman–Crippen LogP) is 7.41. The molecule has 0 aromatic heterocycles. The Labute approximate surface area is 265 Å². The number of ether oxygens (including phenoxy) is 6. The molecule has 0 bridgehead atoms. The highest BCUT2D eigenvalue weighted by atomic mass is 32.2. The maximum Gasteiger partial charge on any atom is 0.134 e. The van der Waals surface area contributed by atoms with Gasteiger partial charge in [-0.1, -0.05) is 133 Å². The SMILES string of the molecule is CCOCS[C@@H]1O[C@H](COCc2ccccc2)[C@@H](OCc2ccccc2)[C@H](OCc2ccccc2)[C@H]1OCc1ccccc1. The zero-order valence-electron chi connectivity index (χ0n) is 25.2. The van der Waals surface area contributed by atoms with Crippen LogP contribution in [0.3, 0.4) is 0 Å². The summed E-state index contributed by atoms with van der Waals surface area (Å²) in [4.78, 5) is 0. The molecule has 0 spiro atoms. The van der Waals surface area contributed by atoms with E-state index < -0.39 is 18.3 Å². The highest BCUT2D eigenvalue weighted by Crippen LogP contribution is 2.35. The second-order valence-corrected chi connectivity index (χ2v) is 11.6. The van der Waals surface area contributed by atoms with Crippen LogP contribution < -0.4 is 0 Å². The molecule has 4 aromatic rings. The summed E-state index contributed by atoms with van der Waals surface area (Å²) in [5.41, 5.74) is 3.99. The molecular formula is C37H42O6S. The van der Waals surface area contributed by atoms with Crippen LogP contribution in [0.15, 0.2) is 121 Å². The van der Waals surface area contributed by atoms with Crippen LogP contribution in [-0.4, -0.2) is 49.0 Å². The summed E-state index contributed by atoms with van der Waals surface area (Å²) >= 11 is 1.58. The van der Waals surface area contributed by atoms with Crippen molar-refractivity contribution in [1.82, 2.24) is 0 Å². The van der Waals surface area contributed by atoms with Gasteiger partial charge in [0.1, 0.15) is 29.9 Å². The third-order valence-electron chi connectivity index (χ3n) is 7.36. The Balaban J connectivity index is 1.41. The zero-order valence-corrected chi connectivity index (χ0v) is 26.1. The summed E-state index contributed by atoms with van der Waals surface area (Å²) in [5, 5.41) is 0. The Morgan fingerprint density at radius 2 is 0.955 bits per heavy atom. The lowest BCUT2D eigenvalue weighted by molar-refractivity contribution is -0.254. The molecular weight excluding hydrogens is 572 g/mol. The maximum absolute atomic E-state index is 6.78. The molecule has 4 aromatic carbocycles. The first-order valence-electron chi connectivity index (χ1n) is 15.2. The van der Waals surface area contributed by atoms with E-state index in [9.17, 15) is 0 Å². The van der Waals surface area contributed by atoms with Gasteiger partial charge in [-0.3, -0.25) is 0 Å². The van der Waals surface area contributed by atoms with Crippen LogP contribution in [0.2, 0.25) is 0 Å². The normalized spacial score (nSPS) is 21.7. The molecule has 1 aliphatic heterocycles. The smallest absolute Gasteiger partial charge is 0.134 e. The minimum atomic E-state index is -0.445. The van der Waals surface area contributed by atoms with Crippen LogP contribution in [-0.2, 0) is 54.8 Å². The quantitative estimate of drug-likeness (QED) is 0.0907. The van der Waals surface area contributed by atoms with E-state index in [-0.39, 0.29) is 11.5 Å². The molecule has 0 saturated carbocycles. The van der Waals surface area contributed by atoms with Gasteiger partial charge in [-0.15, -0.1) is 0 Å². The Morgan fingerprint density at radius 3 is 1.43 bits per heavy atom. The van der Waals surface area contributed by atoms with Crippen molar-refractivity contribution in [2.45, 2.75) is 63.2 Å². The standard InChI is InChI=1S/C37H42O6S/c1-2-38-28-44-37-36(42-26-32-21-13-6-14-22-32)35(41-25-31-19-11-5-12-20-31)34(40-24-30-17-9-4-10-18-30)33(43-37)27-39-23-29-15-7-3-8-16-29/h3-22,33-37H,2,23-28H2,1H3/t33-,34-,35+,36-,37+/m1/s1. The van der Waals surface area contributed by atoms with Crippen molar-refractivity contribution >= 4 is 11.8 Å². The highest BCUT2D eigenvalue weighted by molar-refractivity contribution is 7.99. The van der Waals surface area contributed by atoms with Crippen LogP contribution in [0.25, 0.3) is 0 Å². The van der Waals surface area contributed by atoms with E-state index in [1.807, 2.05) is 79.7 Å². The van der Waals surface area contributed by atoms with Crippen LogP contribution in [0, 0.1) is 0 Å². The van der Waals surface area contributed by atoms with Gasteiger partial charge in [0, 0.05) is 6.61 Å². The van der Waals surface area contributed by atoms with Crippen molar-refractivity contribution in [1.29, 1.82) is 0 Å². The van der Waals surface area contributed by atoms with Crippen LogP contribution >= 0.6 is 11.8 Å². The molecule has 5 rings (SSSR count). The summed E-state index contributed by atoms with van der Waals surface area (Å²) in [6.07, 6.45) is -1.69. The van der Waals surface area contributed by atoms with Crippen molar-refractivity contribution in [3.05, 3.63) is 144 Å². The molecule has 1 saturated heterocycles. The molecule has 6 nitrogen and oxygen atoms in total. The van der Waals surface area contributed by atoms with Gasteiger partial charge in [0.2, 0.25) is 0 Å². The van der Waals surface area contributed by atoms with Crippen molar-refractivity contribution in [3.8, 4) is 0 Å². The predicted molar refractivity (Wildman–Crippen MR) is 174 cm³/mol. The molecule has 0 aliphatic carbocycles. The fraction of sp³-hybridized carbons (Fsp3) is 0.351. The fourth-order valence-electron chi connectivity index (χ4n) is 5.08. The van der Waals surface area contributed by atoms with Crippen molar-refractivity contribution in [2.24, 2.45) is 0 Å². The van der Waals surface area contributed by atoms with Gasteiger partial charge in [-0.25, -0.2) is 0 Å². The molecule has 232 valence electrons. The first-order valence-corrected chi connectivity index (χ1v) is 16.3. The Morgan fingerprint density at radius 1 is 0.523 bits per heavy atom. The summed E-state index contributed by atoms with van der Waals surface area (Å²) < 4.78 is 38.9. The molecule has 5 atom stereocenters. The highest BCUT2D eigenvalue weighted by Gasteiger charge is 2.48. The molecule has 44 heavy (non-hydrogen) atoms. The van der Waals surface area contributed by atoms with Crippen LogP contribution in [0.5, 0.6) is 0 Å². The second-order valence-electron chi connectivity index (χ2n) is 10.6. The maximum atomic E-state index is 6.78.